The molecule has 2 aliphatic carbocycles. The van der Waals surface area contributed by atoms with Gasteiger partial charge in [-0.05, 0) is 62.0 Å². The molecule has 0 spiro atoms. The van der Waals surface area contributed by atoms with Crippen LogP contribution in [0.2, 0.25) is 0 Å². The van der Waals surface area contributed by atoms with Crippen molar-refractivity contribution in [2.24, 2.45) is 16.1 Å². The molecule has 0 aromatic heterocycles. The Hall–Kier alpha value is -5.13. The number of likely N-dealkylation sites (N-methyl/N-ethyl adjacent to an activating group) is 1. The third kappa shape index (κ3) is 11.4. The van der Waals surface area contributed by atoms with Crippen LogP contribution in [0.15, 0.2) is 100 Å². The molecule has 244 valence electrons. The highest BCUT2D eigenvalue weighted by molar-refractivity contribution is 5.95. The highest BCUT2D eigenvalue weighted by atomic mass is 16.6. The molecule has 2 unspecified atom stereocenters. The zero-order chi connectivity index (χ0) is 33.5. The second-order valence-electron chi connectivity index (χ2n) is 10.8. The van der Waals surface area contributed by atoms with E-state index >= 15 is 0 Å². The smallest absolute Gasteiger partial charge is 0.345 e. The fraction of sp³-hybridized carbons (Fsp3) is 0.382. The minimum atomic E-state index is -0.954. The molecule has 0 saturated heterocycles. The number of carbonyl (C=O) groups is 3. The van der Waals surface area contributed by atoms with E-state index in [0.717, 1.165) is 30.2 Å². The number of carbonyl (C=O) groups excluding carboxylic acids is 3. The number of ether oxygens (including phenoxy) is 3. The molecule has 1 aromatic rings. The minimum absolute atomic E-state index is 0.194. The molecular weight excluding hydrogens is 592 g/mol. The van der Waals surface area contributed by atoms with Gasteiger partial charge in [-0.25, -0.2) is 14.4 Å². The summed E-state index contributed by atoms with van der Waals surface area (Å²) in [5, 5.41) is 19.9. The standard InChI is InChI=1S/C34H40N4O8/c1-5-6-25-7-9-26(10-8-25)11-18-32(39)44-20-19-37(4)29-15-12-27(13-16-29)35-36-28-14-17-31(38(42)43)30(23-28)34(41)46-22-21-45-33(40)24(2)3/h7,9-12,14-18,23,25,27H,2,5-6,8,13,19-22H2,1,3-4H3/b18-11+,36-35?. The quantitative estimate of drug-likeness (QED) is 0.0378. The van der Waals surface area contributed by atoms with Gasteiger partial charge in [-0.15, -0.1) is 0 Å². The van der Waals surface area contributed by atoms with E-state index in [4.69, 9.17) is 14.2 Å². The summed E-state index contributed by atoms with van der Waals surface area (Å²) in [4.78, 5) is 48.8. The number of nitro benzene ring substituents is 1. The Morgan fingerprint density at radius 3 is 2.52 bits per heavy atom. The number of benzene rings is 1. The Labute approximate surface area is 268 Å². The number of esters is 3. The third-order valence-corrected chi connectivity index (χ3v) is 7.07. The lowest BCUT2D eigenvalue weighted by molar-refractivity contribution is -0.385. The fourth-order valence-electron chi connectivity index (χ4n) is 4.50. The summed E-state index contributed by atoms with van der Waals surface area (Å²) in [7, 11) is 1.90. The molecular formula is C34H40N4O8. The lowest BCUT2D eigenvalue weighted by atomic mass is 9.93. The molecule has 46 heavy (non-hydrogen) atoms. The Bertz CT molecular complexity index is 1490. The van der Waals surface area contributed by atoms with E-state index in [0.29, 0.717) is 18.9 Å². The van der Waals surface area contributed by atoms with Crippen LogP contribution < -0.4 is 0 Å². The van der Waals surface area contributed by atoms with Crippen molar-refractivity contribution in [2.45, 2.75) is 45.6 Å². The van der Waals surface area contributed by atoms with Gasteiger partial charge < -0.3 is 19.1 Å². The van der Waals surface area contributed by atoms with Crippen LogP contribution in [0.4, 0.5) is 11.4 Å². The van der Waals surface area contributed by atoms with Crippen LogP contribution in [0.3, 0.4) is 0 Å². The maximum atomic E-state index is 12.5. The van der Waals surface area contributed by atoms with Crippen molar-refractivity contribution in [3.63, 3.8) is 0 Å². The van der Waals surface area contributed by atoms with E-state index in [1.54, 1.807) is 6.08 Å². The third-order valence-electron chi connectivity index (χ3n) is 7.07. The first-order valence-electron chi connectivity index (χ1n) is 15.1. The first kappa shape index (κ1) is 35.4. The Kier molecular flexibility index (Phi) is 13.8. The normalized spacial score (nSPS) is 17.4. The monoisotopic (exact) mass is 632 g/mol. The van der Waals surface area contributed by atoms with Crippen LogP contribution in [0.25, 0.3) is 0 Å². The maximum absolute atomic E-state index is 12.5. The van der Waals surface area contributed by atoms with Gasteiger partial charge in [-0.2, -0.15) is 10.2 Å². The molecule has 1 aromatic carbocycles. The average Bonchev–Trinajstić information content (AvgIpc) is 3.05. The minimum Gasteiger partial charge on any atom is -0.461 e. The van der Waals surface area contributed by atoms with Crippen molar-refractivity contribution in [1.29, 1.82) is 0 Å². The number of allylic oxidation sites excluding steroid dienone is 6. The number of hydrogen-bond acceptors (Lipinski definition) is 11. The molecule has 0 radical (unpaired) electrons. The average molecular weight is 633 g/mol. The molecule has 0 fully saturated rings. The summed E-state index contributed by atoms with van der Waals surface area (Å²) >= 11 is 0. The summed E-state index contributed by atoms with van der Waals surface area (Å²) in [5.74, 6) is -1.40. The molecule has 0 saturated carbocycles. The van der Waals surface area contributed by atoms with Gasteiger partial charge in [-0.1, -0.05) is 50.3 Å². The van der Waals surface area contributed by atoms with Gasteiger partial charge in [0.1, 0.15) is 25.4 Å². The van der Waals surface area contributed by atoms with Crippen LogP contribution in [0.5, 0.6) is 0 Å². The first-order valence-corrected chi connectivity index (χ1v) is 15.1. The largest absolute Gasteiger partial charge is 0.461 e. The second-order valence-corrected chi connectivity index (χ2v) is 10.8. The van der Waals surface area contributed by atoms with Gasteiger partial charge in [0.25, 0.3) is 5.69 Å². The van der Waals surface area contributed by atoms with Crippen LogP contribution in [-0.2, 0) is 23.8 Å². The number of hydrogen-bond donors (Lipinski definition) is 0. The zero-order valence-corrected chi connectivity index (χ0v) is 26.4. The van der Waals surface area contributed by atoms with Gasteiger partial charge in [-0.3, -0.25) is 10.1 Å². The number of azo groups is 1. The summed E-state index contributed by atoms with van der Waals surface area (Å²) in [6, 6.07) is 3.49. The number of nitro groups is 1. The summed E-state index contributed by atoms with van der Waals surface area (Å²) in [5.41, 5.74) is 1.63. The molecule has 0 bridgehead atoms. The highest BCUT2D eigenvalue weighted by Crippen LogP contribution is 2.27. The molecule has 12 nitrogen and oxygen atoms in total. The topological polar surface area (TPSA) is 150 Å². The molecule has 0 N–H and O–H groups in total. The van der Waals surface area contributed by atoms with E-state index in [-0.39, 0.29) is 42.7 Å². The van der Waals surface area contributed by atoms with Crippen molar-refractivity contribution in [3.05, 3.63) is 106 Å². The van der Waals surface area contributed by atoms with Crippen LogP contribution >= 0.6 is 0 Å². The van der Waals surface area contributed by atoms with Crippen molar-refractivity contribution < 1.29 is 33.5 Å². The van der Waals surface area contributed by atoms with Crippen molar-refractivity contribution in [2.75, 3.05) is 33.4 Å². The molecule has 0 aliphatic heterocycles. The summed E-state index contributed by atoms with van der Waals surface area (Å²) < 4.78 is 15.3. The van der Waals surface area contributed by atoms with Crippen molar-refractivity contribution in [3.8, 4) is 0 Å². The van der Waals surface area contributed by atoms with Gasteiger partial charge in [0.15, 0.2) is 0 Å². The fourth-order valence-corrected chi connectivity index (χ4v) is 4.50. The van der Waals surface area contributed by atoms with E-state index in [1.165, 1.54) is 31.6 Å². The highest BCUT2D eigenvalue weighted by Gasteiger charge is 2.22. The molecule has 2 aliphatic rings. The van der Waals surface area contributed by atoms with Crippen LogP contribution in [0.1, 0.15) is 49.9 Å². The molecule has 3 rings (SSSR count). The molecule has 0 amide bonds. The first-order chi connectivity index (χ1) is 22.1. The van der Waals surface area contributed by atoms with E-state index < -0.39 is 28.5 Å². The Balaban J connectivity index is 1.46. The Morgan fingerprint density at radius 2 is 1.87 bits per heavy atom. The van der Waals surface area contributed by atoms with E-state index in [1.807, 2.05) is 36.3 Å². The predicted molar refractivity (Wildman–Crippen MR) is 172 cm³/mol. The van der Waals surface area contributed by atoms with Crippen molar-refractivity contribution >= 4 is 29.3 Å². The lowest BCUT2D eigenvalue weighted by Crippen LogP contribution is -2.24. The summed E-state index contributed by atoms with van der Waals surface area (Å²) in [6.45, 7) is 7.33. The van der Waals surface area contributed by atoms with Gasteiger partial charge >= 0.3 is 17.9 Å². The molecule has 0 heterocycles. The number of nitrogens with zero attached hydrogens (tertiary/aromatic N) is 4. The zero-order valence-electron chi connectivity index (χ0n) is 26.4. The van der Waals surface area contributed by atoms with Gasteiger partial charge in [0.05, 0.1) is 23.2 Å². The van der Waals surface area contributed by atoms with Crippen LogP contribution in [-0.4, -0.2) is 67.2 Å². The van der Waals surface area contributed by atoms with E-state index in [2.05, 4.69) is 35.9 Å². The van der Waals surface area contributed by atoms with Crippen molar-refractivity contribution in [1.82, 2.24) is 4.90 Å². The lowest BCUT2D eigenvalue weighted by Gasteiger charge is -2.23. The van der Waals surface area contributed by atoms with E-state index in [9.17, 15) is 24.5 Å². The molecule has 12 heteroatoms. The predicted octanol–water partition coefficient (Wildman–Crippen LogP) is 6.50. The Morgan fingerprint density at radius 1 is 1.09 bits per heavy atom. The number of rotatable bonds is 16. The maximum Gasteiger partial charge on any atom is 0.345 e. The van der Waals surface area contributed by atoms with Crippen LogP contribution in [0, 0.1) is 16.0 Å². The second kappa shape index (κ2) is 18.0. The van der Waals surface area contributed by atoms with Gasteiger partial charge in [0.2, 0.25) is 0 Å². The molecule has 2 atom stereocenters. The van der Waals surface area contributed by atoms with Gasteiger partial charge in [0, 0.05) is 30.5 Å². The summed E-state index contributed by atoms with van der Waals surface area (Å²) in [6.07, 6.45) is 19.2. The SMILES string of the molecule is C=C(C)C(=O)OCCOC(=O)c1cc(N=NC2C=CC(N(C)CCOC(=O)/C=C/C3=CCC(CCC)C=C3)=CC2)ccc1[N+](=O)[O-].